The van der Waals surface area contributed by atoms with Gasteiger partial charge in [0.1, 0.15) is 5.57 Å². The maximum absolute atomic E-state index is 13.0. The van der Waals surface area contributed by atoms with Gasteiger partial charge in [-0.25, -0.2) is 9.59 Å². The molecule has 0 spiro atoms. The van der Waals surface area contributed by atoms with Crippen molar-refractivity contribution in [3.05, 3.63) is 55.8 Å². The largest absolute Gasteiger partial charge is 0.859 e. The van der Waals surface area contributed by atoms with Crippen molar-refractivity contribution >= 4 is 23.9 Å². The molecule has 0 bridgehead atoms. The second-order valence-corrected chi connectivity index (χ2v) is 9.42. The number of barbiturate groups is 1. The highest BCUT2D eigenvalue weighted by atomic mass is 16.3. The van der Waals surface area contributed by atoms with Crippen molar-refractivity contribution in [2.75, 3.05) is 40.8 Å². The molecule has 0 aliphatic carbocycles. The molecule has 2 heterocycles. The van der Waals surface area contributed by atoms with Gasteiger partial charge in [0.05, 0.1) is 34.2 Å². The van der Waals surface area contributed by atoms with Crippen molar-refractivity contribution in [2.24, 2.45) is 0 Å². The lowest BCUT2D eigenvalue weighted by Gasteiger charge is -2.32. The minimum Gasteiger partial charge on any atom is -0.859 e. The van der Waals surface area contributed by atoms with Gasteiger partial charge in [-0.15, -0.1) is 0 Å². The summed E-state index contributed by atoms with van der Waals surface area (Å²) in [6.07, 6.45) is 5.66. The van der Waals surface area contributed by atoms with E-state index in [9.17, 15) is 29.1 Å². The number of allylic oxidation sites excluding steroid dienone is 4. The molecule has 1 aromatic rings. The highest BCUT2D eigenvalue weighted by molar-refractivity contribution is 6.28. The Morgan fingerprint density at radius 2 is 1.44 bits per heavy atom. The molecule has 0 aromatic carbocycles. The van der Waals surface area contributed by atoms with Gasteiger partial charge in [-0.3, -0.25) is 28.8 Å². The fraction of sp³-hybridized carbons (Fsp3) is 0.480. The quantitative estimate of drug-likeness (QED) is 0.210. The van der Waals surface area contributed by atoms with Gasteiger partial charge in [0.15, 0.2) is 0 Å². The fourth-order valence-electron chi connectivity index (χ4n) is 3.61. The summed E-state index contributed by atoms with van der Waals surface area (Å²) in [4.78, 5) is 65.0. The van der Waals surface area contributed by atoms with Crippen LogP contribution in [0.15, 0.2) is 39.0 Å². The molecule has 0 unspecified atom stereocenters. The Morgan fingerprint density at radius 1 is 0.889 bits per heavy atom. The smallest absolute Gasteiger partial charge is 0.333 e. The number of rotatable bonds is 9. The van der Waals surface area contributed by atoms with Crippen molar-refractivity contribution in [3.8, 4) is 5.88 Å². The number of carbonyl (C=O) groups is 3. The first-order valence-corrected chi connectivity index (χ1v) is 11.9. The van der Waals surface area contributed by atoms with Crippen molar-refractivity contribution < 1.29 is 24.0 Å². The van der Waals surface area contributed by atoms with E-state index in [-0.39, 0.29) is 37.3 Å². The highest BCUT2D eigenvalue weighted by Gasteiger charge is 2.40. The number of hydrogen-bond donors (Lipinski definition) is 0. The SMILES string of the molecule is CCN1C(=O)C(=C/C=C(C)/C=C/c2c([O-])n(CC[N+](C)(C)C)c(=O)n(CC)c2=O)C(=O)N(CC)C1=O. The number of imide groups is 2. The Bertz CT molecular complexity index is 1230. The summed E-state index contributed by atoms with van der Waals surface area (Å²) < 4.78 is 2.63. The van der Waals surface area contributed by atoms with Crippen LogP contribution in [0.1, 0.15) is 33.3 Å². The zero-order valence-electron chi connectivity index (χ0n) is 22.0. The van der Waals surface area contributed by atoms with Crippen molar-refractivity contribution in [1.29, 1.82) is 0 Å². The first-order valence-electron chi connectivity index (χ1n) is 11.9. The average molecular weight is 502 g/mol. The maximum Gasteiger partial charge on any atom is 0.333 e. The van der Waals surface area contributed by atoms with Gasteiger partial charge >= 0.3 is 11.7 Å². The van der Waals surface area contributed by atoms with Gasteiger partial charge in [-0.05, 0) is 45.7 Å². The molecule has 0 N–H and O–H groups in total. The van der Waals surface area contributed by atoms with Crippen molar-refractivity contribution in [2.45, 2.75) is 40.8 Å². The van der Waals surface area contributed by atoms with E-state index in [4.69, 9.17) is 0 Å². The van der Waals surface area contributed by atoms with Crippen LogP contribution in [0.4, 0.5) is 4.79 Å². The monoisotopic (exact) mass is 501 g/mol. The Hall–Kier alpha value is -3.73. The lowest BCUT2D eigenvalue weighted by Crippen LogP contribution is -2.56. The third kappa shape index (κ3) is 5.91. The van der Waals surface area contributed by atoms with Crippen LogP contribution in [-0.2, 0) is 22.7 Å². The summed E-state index contributed by atoms with van der Waals surface area (Å²) in [5, 5.41) is 13.0. The van der Waals surface area contributed by atoms with Crippen LogP contribution in [0.5, 0.6) is 5.88 Å². The maximum atomic E-state index is 13.0. The van der Waals surface area contributed by atoms with E-state index in [0.717, 1.165) is 18.9 Å². The molecule has 1 aliphatic heterocycles. The summed E-state index contributed by atoms with van der Waals surface area (Å²) in [5.41, 5.74) is -1.08. The van der Waals surface area contributed by atoms with Gasteiger partial charge in [0.2, 0.25) is 0 Å². The Balaban J connectivity index is 2.47. The van der Waals surface area contributed by atoms with Crippen LogP contribution in [0, 0.1) is 0 Å². The molecule has 2 rings (SSSR count). The standard InChI is InChI=1S/C25H35N5O6/c1-8-26-20(31)18(21(32)27(9-2)24(26)35)13-11-17(4)12-14-19-22(33)28(10-3)25(36)29(23(19)34)15-16-30(5,6)7/h11-14H,8-10,15-16H2,1-7H3. The van der Waals surface area contributed by atoms with Gasteiger partial charge < -0.3 is 14.2 Å². The molecule has 1 aliphatic rings. The molecule has 0 atom stereocenters. The second-order valence-electron chi connectivity index (χ2n) is 9.42. The first kappa shape index (κ1) is 28.5. The van der Waals surface area contributed by atoms with Gasteiger partial charge in [0, 0.05) is 25.2 Å². The van der Waals surface area contributed by atoms with Crippen LogP contribution < -0.4 is 16.4 Å². The Labute approximate surface area is 210 Å². The zero-order chi connectivity index (χ0) is 27.4. The summed E-state index contributed by atoms with van der Waals surface area (Å²) in [6.45, 7) is 7.66. The number of quaternary nitrogens is 1. The van der Waals surface area contributed by atoms with Gasteiger partial charge in [-0.1, -0.05) is 17.7 Å². The van der Waals surface area contributed by atoms with Crippen LogP contribution in [0.3, 0.4) is 0 Å². The molecule has 4 amide bonds. The molecule has 1 fully saturated rings. The minimum absolute atomic E-state index is 0.120. The Kier molecular flexibility index (Phi) is 8.98. The number of amides is 4. The third-order valence-corrected chi connectivity index (χ3v) is 5.79. The predicted octanol–water partition coefficient (Wildman–Crippen LogP) is 0.526. The van der Waals surface area contributed by atoms with E-state index in [1.807, 2.05) is 21.1 Å². The minimum atomic E-state index is -0.678. The zero-order valence-corrected chi connectivity index (χ0v) is 22.0. The molecular weight excluding hydrogens is 466 g/mol. The molecule has 1 saturated heterocycles. The number of likely N-dealkylation sites (N-methyl/N-ethyl adjacent to an activating group) is 3. The average Bonchev–Trinajstić information content (AvgIpc) is 2.78. The molecular formula is C25H35N5O6. The molecule has 11 heteroatoms. The van der Waals surface area contributed by atoms with Crippen molar-refractivity contribution in [3.63, 3.8) is 0 Å². The van der Waals surface area contributed by atoms with Gasteiger partial charge in [-0.2, -0.15) is 0 Å². The van der Waals surface area contributed by atoms with E-state index < -0.39 is 35.0 Å². The normalized spacial score (nSPS) is 15.5. The lowest BCUT2D eigenvalue weighted by molar-refractivity contribution is -0.871. The number of aromatic nitrogens is 2. The molecule has 0 radical (unpaired) electrons. The van der Waals surface area contributed by atoms with Crippen molar-refractivity contribution in [1.82, 2.24) is 18.9 Å². The topological polar surface area (TPSA) is 125 Å². The van der Waals surface area contributed by atoms with E-state index >= 15 is 0 Å². The molecule has 1 aromatic heterocycles. The lowest BCUT2D eigenvalue weighted by atomic mass is 10.1. The summed E-state index contributed by atoms with van der Waals surface area (Å²) in [7, 11) is 5.81. The molecule has 196 valence electrons. The van der Waals surface area contributed by atoms with E-state index in [0.29, 0.717) is 16.6 Å². The predicted molar refractivity (Wildman–Crippen MR) is 134 cm³/mol. The van der Waals surface area contributed by atoms with E-state index in [1.165, 1.54) is 24.3 Å². The number of carbonyl (C=O) groups excluding carboxylic acids is 3. The summed E-state index contributed by atoms with van der Waals surface area (Å²) >= 11 is 0. The molecule has 0 saturated carbocycles. The second kappa shape index (κ2) is 11.3. The van der Waals surface area contributed by atoms with E-state index in [1.54, 1.807) is 27.7 Å². The van der Waals surface area contributed by atoms with E-state index in [2.05, 4.69) is 0 Å². The van der Waals surface area contributed by atoms with Crippen LogP contribution in [-0.4, -0.2) is 82.0 Å². The summed E-state index contributed by atoms with van der Waals surface area (Å²) in [5.74, 6) is -2.02. The molecule has 36 heavy (non-hydrogen) atoms. The first-order chi connectivity index (χ1) is 16.8. The van der Waals surface area contributed by atoms with Crippen LogP contribution >= 0.6 is 0 Å². The van der Waals surface area contributed by atoms with Crippen LogP contribution in [0.25, 0.3) is 6.08 Å². The molecule has 11 nitrogen and oxygen atoms in total. The fourth-order valence-corrected chi connectivity index (χ4v) is 3.61. The Morgan fingerprint density at radius 3 is 1.92 bits per heavy atom. The highest BCUT2D eigenvalue weighted by Crippen LogP contribution is 2.18. The van der Waals surface area contributed by atoms with Crippen LogP contribution in [0.2, 0.25) is 0 Å². The number of hydrogen-bond acceptors (Lipinski definition) is 6. The van der Waals surface area contributed by atoms with Gasteiger partial charge in [0.25, 0.3) is 17.4 Å². The summed E-state index contributed by atoms with van der Waals surface area (Å²) in [6, 6.07) is -0.650. The number of nitrogens with zero attached hydrogens (tertiary/aromatic N) is 5. The number of urea groups is 1. The third-order valence-electron chi connectivity index (χ3n) is 5.79.